The molecule has 1 aromatic rings. The van der Waals surface area contributed by atoms with Crippen molar-refractivity contribution in [3.63, 3.8) is 0 Å². The van der Waals surface area contributed by atoms with Crippen LogP contribution in [0.15, 0.2) is 18.5 Å². The summed E-state index contributed by atoms with van der Waals surface area (Å²) in [5, 5.41) is 6.18. The zero-order chi connectivity index (χ0) is 13.7. The predicted octanol–water partition coefficient (Wildman–Crippen LogP) is 2.82. The molecule has 2 rings (SSSR count). The Morgan fingerprint density at radius 1 is 1.32 bits per heavy atom. The topological polar surface area (TPSA) is 54.0 Å². The minimum Gasteiger partial charge on any atom is -0.387 e. The highest BCUT2D eigenvalue weighted by Crippen LogP contribution is 2.23. The van der Waals surface area contributed by atoms with Crippen LogP contribution in [0.2, 0.25) is 0 Å². The van der Waals surface area contributed by atoms with Gasteiger partial charge in [-0.1, -0.05) is 19.8 Å². The average molecular weight is 261 g/mol. The fraction of sp³-hybridized carbons (Fsp3) is 0.600. The van der Waals surface area contributed by atoms with E-state index in [0.29, 0.717) is 11.6 Å². The summed E-state index contributed by atoms with van der Waals surface area (Å²) in [6, 6.07) is 2.13. The largest absolute Gasteiger partial charge is 0.387 e. The lowest BCUT2D eigenvalue weighted by molar-refractivity contribution is 0.0933. The van der Waals surface area contributed by atoms with E-state index in [1.807, 2.05) is 13.1 Å². The van der Waals surface area contributed by atoms with E-state index in [9.17, 15) is 4.79 Å². The van der Waals surface area contributed by atoms with E-state index in [2.05, 4.69) is 22.5 Å². The number of anilines is 1. The Bertz CT molecular complexity index is 433. The maximum absolute atomic E-state index is 12.3. The number of hydrogen-bond acceptors (Lipinski definition) is 3. The van der Waals surface area contributed by atoms with Crippen LogP contribution in [0.4, 0.5) is 5.69 Å². The maximum atomic E-state index is 12.3. The number of rotatable bonds is 3. The summed E-state index contributed by atoms with van der Waals surface area (Å²) in [5.41, 5.74) is 1.46. The van der Waals surface area contributed by atoms with Gasteiger partial charge in [0, 0.05) is 31.2 Å². The zero-order valence-corrected chi connectivity index (χ0v) is 11.8. The van der Waals surface area contributed by atoms with Crippen molar-refractivity contribution in [1.82, 2.24) is 10.3 Å². The number of hydrogen-bond donors (Lipinski definition) is 2. The molecule has 0 aromatic carbocycles. The van der Waals surface area contributed by atoms with Crippen molar-refractivity contribution in [3.05, 3.63) is 24.0 Å². The highest BCUT2D eigenvalue weighted by molar-refractivity contribution is 5.99. The molecule has 4 nitrogen and oxygen atoms in total. The Balaban J connectivity index is 2.00. The number of carbonyl (C=O) groups is 1. The van der Waals surface area contributed by atoms with Crippen LogP contribution < -0.4 is 10.6 Å². The van der Waals surface area contributed by atoms with Crippen molar-refractivity contribution in [1.29, 1.82) is 0 Å². The van der Waals surface area contributed by atoms with E-state index in [-0.39, 0.29) is 5.91 Å². The van der Waals surface area contributed by atoms with E-state index >= 15 is 0 Å². The van der Waals surface area contributed by atoms with Gasteiger partial charge < -0.3 is 10.6 Å². The Kier molecular flexibility index (Phi) is 4.77. The second-order valence-corrected chi connectivity index (χ2v) is 5.46. The predicted molar refractivity (Wildman–Crippen MR) is 77.3 cm³/mol. The normalized spacial score (nSPS) is 23.5. The minimum absolute atomic E-state index is 0.0167. The molecule has 1 saturated carbocycles. The van der Waals surface area contributed by atoms with Crippen LogP contribution in [0.1, 0.15) is 49.4 Å². The molecule has 1 aromatic heterocycles. The molecule has 104 valence electrons. The summed E-state index contributed by atoms with van der Waals surface area (Å²) in [6.45, 7) is 2.30. The summed E-state index contributed by atoms with van der Waals surface area (Å²) < 4.78 is 0. The van der Waals surface area contributed by atoms with Gasteiger partial charge in [0.2, 0.25) is 0 Å². The van der Waals surface area contributed by atoms with E-state index in [0.717, 1.165) is 24.4 Å². The molecule has 0 radical (unpaired) electrons. The molecule has 0 bridgehead atoms. The Morgan fingerprint density at radius 3 is 2.95 bits per heavy atom. The Hall–Kier alpha value is -1.58. The van der Waals surface area contributed by atoms with Crippen LogP contribution in [0, 0.1) is 5.92 Å². The first-order valence-electron chi connectivity index (χ1n) is 7.13. The average Bonchev–Trinajstić information content (AvgIpc) is 2.63. The van der Waals surface area contributed by atoms with Crippen LogP contribution in [0.3, 0.4) is 0 Å². The van der Waals surface area contributed by atoms with Crippen molar-refractivity contribution in [2.75, 3.05) is 12.4 Å². The molecular formula is C15H23N3O. The van der Waals surface area contributed by atoms with Gasteiger partial charge in [0.15, 0.2) is 0 Å². The van der Waals surface area contributed by atoms with Crippen molar-refractivity contribution >= 4 is 11.6 Å². The lowest BCUT2D eigenvalue weighted by atomic mass is 10.0. The molecule has 1 aliphatic rings. The molecule has 0 aliphatic heterocycles. The summed E-state index contributed by atoms with van der Waals surface area (Å²) >= 11 is 0. The standard InChI is InChI=1S/C15H23N3O/c1-11-4-3-5-12(7-6-11)18-15(19)13-10-17-9-8-14(13)16-2/h8-12H,3-7H2,1-2H3,(H,16,17)(H,18,19). The second-order valence-electron chi connectivity index (χ2n) is 5.46. The zero-order valence-electron chi connectivity index (χ0n) is 11.8. The van der Waals surface area contributed by atoms with Crippen molar-refractivity contribution in [2.24, 2.45) is 5.92 Å². The third-order valence-corrected chi connectivity index (χ3v) is 3.93. The van der Waals surface area contributed by atoms with Crippen LogP contribution in [-0.4, -0.2) is 24.0 Å². The molecule has 1 aliphatic carbocycles. The molecule has 19 heavy (non-hydrogen) atoms. The van der Waals surface area contributed by atoms with Crippen molar-refractivity contribution in [2.45, 2.75) is 45.1 Å². The minimum atomic E-state index is -0.0167. The molecule has 4 heteroatoms. The van der Waals surface area contributed by atoms with E-state index in [1.54, 1.807) is 12.4 Å². The van der Waals surface area contributed by atoms with Crippen molar-refractivity contribution in [3.8, 4) is 0 Å². The number of nitrogens with one attached hydrogen (secondary N) is 2. The van der Waals surface area contributed by atoms with Gasteiger partial charge >= 0.3 is 0 Å². The van der Waals surface area contributed by atoms with E-state index < -0.39 is 0 Å². The summed E-state index contributed by atoms with van der Waals surface area (Å²) in [4.78, 5) is 16.3. The molecule has 0 spiro atoms. The van der Waals surface area contributed by atoms with Gasteiger partial charge in [-0.3, -0.25) is 9.78 Å². The maximum Gasteiger partial charge on any atom is 0.255 e. The van der Waals surface area contributed by atoms with Gasteiger partial charge in [-0.2, -0.15) is 0 Å². The molecule has 1 amide bonds. The molecule has 2 atom stereocenters. The first-order valence-corrected chi connectivity index (χ1v) is 7.13. The fourth-order valence-electron chi connectivity index (χ4n) is 2.69. The lowest BCUT2D eigenvalue weighted by Crippen LogP contribution is -2.34. The third kappa shape index (κ3) is 3.69. The highest BCUT2D eigenvalue weighted by atomic mass is 16.1. The Morgan fingerprint density at radius 2 is 2.16 bits per heavy atom. The highest BCUT2D eigenvalue weighted by Gasteiger charge is 2.19. The van der Waals surface area contributed by atoms with Crippen molar-refractivity contribution < 1.29 is 4.79 Å². The van der Waals surface area contributed by atoms with E-state index in [1.165, 1.54) is 19.3 Å². The molecule has 1 heterocycles. The molecule has 0 saturated heterocycles. The first kappa shape index (κ1) is 13.8. The number of pyridine rings is 1. The SMILES string of the molecule is CNc1ccncc1C(=O)NC1CCCC(C)CC1. The second kappa shape index (κ2) is 6.55. The van der Waals surface area contributed by atoms with Gasteiger partial charge in [-0.05, 0) is 31.2 Å². The number of nitrogens with zero attached hydrogens (tertiary/aromatic N) is 1. The Labute approximate surface area is 115 Å². The fourth-order valence-corrected chi connectivity index (χ4v) is 2.69. The summed E-state index contributed by atoms with van der Waals surface area (Å²) in [7, 11) is 1.82. The van der Waals surface area contributed by atoms with Crippen LogP contribution >= 0.6 is 0 Å². The van der Waals surface area contributed by atoms with Crippen LogP contribution in [0.5, 0.6) is 0 Å². The molecule has 2 N–H and O–H groups in total. The monoisotopic (exact) mass is 261 g/mol. The summed E-state index contributed by atoms with van der Waals surface area (Å²) in [5.74, 6) is 0.769. The lowest BCUT2D eigenvalue weighted by Gasteiger charge is -2.17. The van der Waals surface area contributed by atoms with E-state index in [4.69, 9.17) is 0 Å². The first-order chi connectivity index (χ1) is 9.20. The van der Waals surface area contributed by atoms with Gasteiger partial charge in [0.1, 0.15) is 0 Å². The molecule has 2 unspecified atom stereocenters. The third-order valence-electron chi connectivity index (χ3n) is 3.93. The summed E-state index contributed by atoms with van der Waals surface area (Å²) in [6.07, 6.45) is 9.18. The number of amides is 1. The molecular weight excluding hydrogens is 238 g/mol. The van der Waals surface area contributed by atoms with Crippen LogP contribution in [-0.2, 0) is 0 Å². The van der Waals surface area contributed by atoms with Gasteiger partial charge in [0.25, 0.3) is 5.91 Å². The number of carbonyl (C=O) groups excluding carboxylic acids is 1. The van der Waals surface area contributed by atoms with Crippen LogP contribution in [0.25, 0.3) is 0 Å². The number of aromatic nitrogens is 1. The van der Waals surface area contributed by atoms with Gasteiger partial charge in [-0.25, -0.2) is 0 Å². The van der Waals surface area contributed by atoms with Gasteiger partial charge in [-0.15, -0.1) is 0 Å². The molecule has 1 fully saturated rings. The quantitative estimate of drug-likeness (QED) is 0.823. The smallest absolute Gasteiger partial charge is 0.255 e. The van der Waals surface area contributed by atoms with Gasteiger partial charge in [0.05, 0.1) is 5.56 Å².